The molecule has 1 saturated heterocycles. The van der Waals surface area contributed by atoms with Crippen molar-refractivity contribution in [3.8, 4) is 6.07 Å². The second-order valence-corrected chi connectivity index (χ2v) is 4.99. The summed E-state index contributed by atoms with van der Waals surface area (Å²) in [6.07, 6.45) is -1.29. The van der Waals surface area contributed by atoms with Crippen LogP contribution in [0.15, 0.2) is 12.1 Å². The van der Waals surface area contributed by atoms with Crippen LogP contribution in [-0.2, 0) is 14.3 Å². The SMILES string of the molecule is COC(=O)C1C(C)OC(=O)N1c1ccc(C#N)c(Cl)c1C. The number of carbonyl (C=O) groups is 2. The van der Waals surface area contributed by atoms with E-state index in [0.717, 1.165) is 0 Å². The Kier molecular flexibility index (Phi) is 4.05. The molecule has 6 nitrogen and oxygen atoms in total. The molecule has 21 heavy (non-hydrogen) atoms. The second kappa shape index (κ2) is 5.62. The van der Waals surface area contributed by atoms with Crippen LogP contribution in [0.25, 0.3) is 0 Å². The molecule has 0 saturated carbocycles. The first-order valence-electron chi connectivity index (χ1n) is 6.19. The van der Waals surface area contributed by atoms with E-state index in [1.807, 2.05) is 6.07 Å². The second-order valence-electron chi connectivity index (χ2n) is 4.61. The van der Waals surface area contributed by atoms with Gasteiger partial charge < -0.3 is 9.47 Å². The fourth-order valence-electron chi connectivity index (χ4n) is 2.29. The highest BCUT2D eigenvalue weighted by Gasteiger charge is 2.46. The fourth-order valence-corrected chi connectivity index (χ4v) is 2.49. The monoisotopic (exact) mass is 308 g/mol. The molecular formula is C14H13ClN2O4. The maximum atomic E-state index is 12.0. The zero-order valence-electron chi connectivity index (χ0n) is 11.7. The lowest BCUT2D eigenvalue weighted by molar-refractivity contribution is -0.143. The summed E-state index contributed by atoms with van der Waals surface area (Å²) < 4.78 is 9.81. The van der Waals surface area contributed by atoms with Crippen LogP contribution in [0.4, 0.5) is 10.5 Å². The first-order chi connectivity index (χ1) is 9.92. The average molecular weight is 309 g/mol. The molecule has 0 bridgehead atoms. The summed E-state index contributed by atoms with van der Waals surface area (Å²) in [4.78, 5) is 25.1. The van der Waals surface area contributed by atoms with Crippen molar-refractivity contribution in [3.63, 3.8) is 0 Å². The quantitative estimate of drug-likeness (QED) is 0.784. The number of nitrogens with zero attached hydrogens (tertiary/aromatic N) is 2. The number of cyclic esters (lactones) is 1. The van der Waals surface area contributed by atoms with Crippen LogP contribution < -0.4 is 4.90 Å². The number of methoxy groups -OCH3 is 1. The summed E-state index contributed by atoms with van der Waals surface area (Å²) in [7, 11) is 1.24. The highest BCUT2D eigenvalue weighted by atomic mass is 35.5. The van der Waals surface area contributed by atoms with Gasteiger partial charge in [-0.15, -0.1) is 0 Å². The van der Waals surface area contributed by atoms with Crippen molar-refractivity contribution in [2.45, 2.75) is 26.0 Å². The van der Waals surface area contributed by atoms with Gasteiger partial charge in [-0.05, 0) is 31.5 Å². The van der Waals surface area contributed by atoms with E-state index in [1.54, 1.807) is 19.9 Å². The standard InChI is InChI=1S/C14H13ClN2O4/c1-7-10(5-4-9(6-16)11(7)15)17-12(13(18)20-3)8(2)21-14(17)19/h4-5,8,12H,1-3H3. The van der Waals surface area contributed by atoms with Gasteiger partial charge >= 0.3 is 12.1 Å². The predicted molar refractivity (Wildman–Crippen MR) is 75.1 cm³/mol. The maximum absolute atomic E-state index is 12.0. The maximum Gasteiger partial charge on any atom is 0.415 e. The molecule has 0 aromatic heterocycles. The number of esters is 1. The number of hydrogen-bond donors (Lipinski definition) is 0. The number of benzene rings is 1. The first-order valence-corrected chi connectivity index (χ1v) is 6.57. The molecule has 2 atom stereocenters. The molecule has 1 aromatic carbocycles. The van der Waals surface area contributed by atoms with Crippen molar-refractivity contribution in [2.75, 3.05) is 12.0 Å². The Morgan fingerprint density at radius 1 is 1.52 bits per heavy atom. The van der Waals surface area contributed by atoms with E-state index in [9.17, 15) is 9.59 Å². The minimum atomic E-state index is -0.884. The largest absolute Gasteiger partial charge is 0.467 e. The molecular weight excluding hydrogens is 296 g/mol. The average Bonchev–Trinajstić information content (AvgIpc) is 2.75. The van der Waals surface area contributed by atoms with Gasteiger partial charge in [-0.25, -0.2) is 9.59 Å². The van der Waals surface area contributed by atoms with E-state index < -0.39 is 24.2 Å². The molecule has 1 amide bonds. The summed E-state index contributed by atoms with van der Waals surface area (Å²) >= 11 is 6.10. The van der Waals surface area contributed by atoms with Crippen LogP contribution in [0.1, 0.15) is 18.1 Å². The van der Waals surface area contributed by atoms with Gasteiger partial charge in [0.25, 0.3) is 0 Å². The Morgan fingerprint density at radius 3 is 2.76 bits per heavy atom. The van der Waals surface area contributed by atoms with Crippen LogP contribution in [0.2, 0.25) is 5.02 Å². The van der Waals surface area contributed by atoms with Gasteiger partial charge in [-0.1, -0.05) is 11.6 Å². The van der Waals surface area contributed by atoms with E-state index in [1.165, 1.54) is 18.1 Å². The zero-order valence-corrected chi connectivity index (χ0v) is 12.5. The van der Waals surface area contributed by atoms with Crippen molar-refractivity contribution in [3.05, 3.63) is 28.3 Å². The van der Waals surface area contributed by atoms with Gasteiger partial charge in [-0.2, -0.15) is 5.26 Å². The molecule has 0 N–H and O–H groups in total. The van der Waals surface area contributed by atoms with E-state index in [0.29, 0.717) is 16.8 Å². The van der Waals surface area contributed by atoms with E-state index in [4.69, 9.17) is 26.3 Å². The summed E-state index contributed by atoms with van der Waals surface area (Å²) in [6, 6.07) is 4.14. The highest BCUT2D eigenvalue weighted by molar-refractivity contribution is 6.33. The lowest BCUT2D eigenvalue weighted by atomic mass is 10.1. The first kappa shape index (κ1) is 15.1. The molecule has 1 aromatic rings. The van der Waals surface area contributed by atoms with Crippen LogP contribution >= 0.6 is 11.6 Å². The minimum Gasteiger partial charge on any atom is -0.467 e. The molecule has 2 unspecified atom stereocenters. The number of halogens is 1. The third-order valence-electron chi connectivity index (χ3n) is 3.39. The van der Waals surface area contributed by atoms with E-state index in [-0.39, 0.29) is 5.02 Å². The van der Waals surface area contributed by atoms with Crippen LogP contribution in [0, 0.1) is 18.3 Å². The molecule has 7 heteroatoms. The predicted octanol–water partition coefficient (Wildman–Crippen LogP) is 2.41. The number of rotatable bonds is 2. The van der Waals surface area contributed by atoms with Gasteiger partial charge in [0.2, 0.25) is 0 Å². The topological polar surface area (TPSA) is 79.6 Å². The molecule has 1 fully saturated rings. The van der Waals surface area contributed by atoms with Crippen molar-refractivity contribution >= 4 is 29.4 Å². The number of anilines is 1. The Hall–Kier alpha value is -2.26. The number of nitriles is 1. The fraction of sp³-hybridized carbons (Fsp3) is 0.357. The normalized spacial score (nSPS) is 20.9. The van der Waals surface area contributed by atoms with E-state index >= 15 is 0 Å². The Labute approximate surface area is 126 Å². The third-order valence-corrected chi connectivity index (χ3v) is 3.87. The lowest BCUT2D eigenvalue weighted by Crippen LogP contribution is -2.43. The van der Waals surface area contributed by atoms with E-state index in [2.05, 4.69) is 0 Å². The van der Waals surface area contributed by atoms with Gasteiger partial charge in [0.1, 0.15) is 12.2 Å². The molecule has 2 rings (SSSR count). The van der Waals surface area contributed by atoms with Crippen LogP contribution in [0.3, 0.4) is 0 Å². The summed E-state index contributed by atoms with van der Waals surface area (Å²) in [5.41, 5.74) is 1.24. The Balaban J connectivity index is 2.54. The molecule has 1 aliphatic heterocycles. The zero-order chi connectivity index (χ0) is 15.7. The Bertz CT molecular complexity index is 653. The lowest BCUT2D eigenvalue weighted by Gasteiger charge is -2.23. The van der Waals surface area contributed by atoms with Crippen molar-refractivity contribution < 1.29 is 19.1 Å². The number of ether oxygens (including phenoxy) is 2. The van der Waals surface area contributed by atoms with Crippen molar-refractivity contribution in [1.29, 1.82) is 5.26 Å². The third kappa shape index (κ3) is 2.41. The molecule has 110 valence electrons. The molecule has 1 aliphatic rings. The van der Waals surface area contributed by atoms with Crippen molar-refractivity contribution in [2.24, 2.45) is 0 Å². The molecule has 0 radical (unpaired) electrons. The van der Waals surface area contributed by atoms with Gasteiger partial charge in [0, 0.05) is 0 Å². The highest BCUT2D eigenvalue weighted by Crippen LogP contribution is 2.34. The van der Waals surface area contributed by atoms with Crippen LogP contribution in [-0.4, -0.2) is 31.3 Å². The number of carbonyl (C=O) groups excluding carboxylic acids is 2. The van der Waals surface area contributed by atoms with Crippen molar-refractivity contribution in [1.82, 2.24) is 0 Å². The van der Waals surface area contributed by atoms with Crippen LogP contribution in [0.5, 0.6) is 0 Å². The summed E-state index contributed by atoms with van der Waals surface area (Å²) in [6.45, 7) is 3.28. The van der Waals surface area contributed by atoms with Gasteiger partial charge in [0.05, 0.1) is 23.4 Å². The molecule has 0 aliphatic carbocycles. The minimum absolute atomic E-state index is 0.242. The smallest absolute Gasteiger partial charge is 0.415 e. The molecule has 0 spiro atoms. The number of amides is 1. The summed E-state index contributed by atoms with van der Waals surface area (Å²) in [5, 5.41) is 9.20. The number of hydrogen-bond acceptors (Lipinski definition) is 5. The summed E-state index contributed by atoms with van der Waals surface area (Å²) in [5.74, 6) is -0.576. The molecule has 1 heterocycles. The van der Waals surface area contributed by atoms with Gasteiger partial charge in [-0.3, -0.25) is 4.90 Å². The van der Waals surface area contributed by atoms with Gasteiger partial charge in [0.15, 0.2) is 6.04 Å². The Morgan fingerprint density at radius 2 is 2.19 bits per heavy atom.